The van der Waals surface area contributed by atoms with Gasteiger partial charge in [0, 0.05) is 63.7 Å². The van der Waals surface area contributed by atoms with E-state index in [9.17, 15) is 5.11 Å². The van der Waals surface area contributed by atoms with Crippen LogP contribution in [0.25, 0.3) is 0 Å². The Balaban J connectivity index is 0.00000256. The number of piperidine rings is 1. The van der Waals surface area contributed by atoms with Crippen molar-refractivity contribution < 1.29 is 42.6 Å². The molecule has 0 spiro atoms. The number of methoxy groups -OCH3 is 1. The van der Waals surface area contributed by atoms with Crippen LogP contribution in [0.3, 0.4) is 0 Å². The van der Waals surface area contributed by atoms with Gasteiger partial charge < -0.3 is 9.84 Å². The van der Waals surface area contributed by atoms with Gasteiger partial charge in [0.25, 0.3) is 0 Å². The first kappa shape index (κ1) is 18.0. The number of hydrogen-bond donors (Lipinski definition) is 1. The Morgan fingerprint density at radius 2 is 1.65 bits per heavy atom. The molecule has 1 heterocycles. The third-order valence-electron chi connectivity index (χ3n) is 4.63. The maximum Gasteiger partial charge on any atom is 0.168 e. The van der Waals surface area contributed by atoms with E-state index in [2.05, 4.69) is 39.6 Å². The zero-order valence-corrected chi connectivity index (χ0v) is 15.0. The van der Waals surface area contributed by atoms with Gasteiger partial charge in [-0.25, -0.2) is 0 Å². The number of ether oxygens (including phenoxy) is 1. The Labute approximate surface area is 131 Å². The molecule has 0 aromatic carbocycles. The maximum atomic E-state index is 10.5. The van der Waals surface area contributed by atoms with Gasteiger partial charge in [0.05, 0.1) is 0 Å². The Morgan fingerprint density at radius 1 is 1.18 bits per heavy atom. The summed E-state index contributed by atoms with van der Waals surface area (Å²) in [6, 6.07) is 0. The van der Waals surface area contributed by atoms with Crippen molar-refractivity contribution in [3.8, 4) is 0 Å². The summed E-state index contributed by atoms with van der Waals surface area (Å²) in [7, 11) is 3.78. The summed E-state index contributed by atoms with van der Waals surface area (Å²) in [6.45, 7) is 8.74. The van der Waals surface area contributed by atoms with Crippen LogP contribution >= 0.6 is 0 Å². The van der Waals surface area contributed by atoms with Gasteiger partial charge in [-0.15, -0.1) is 0 Å². The van der Waals surface area contributed by atoms with Crippen molar-refractivity contribution in [2.45, 2.75) is 70.2 Å². The molecule has 0 bridgehead atoms. The first-order valence-electron chi connectivity index (χ1n) is 6.27. The van der Waals surface area contributed by atoms with Crippen LogP contribution in [0.2, 0.25) is 0 Å². The number of aliphatic hydroxyl groups is 1. The van der Waals surface area contributed by atoms with Crippen molar-refractivity contribution in [1.29, 1.82) is 0 Å². The van der Waals surface area contributed by atoms with Crippen LogP contribution in [0.5, 0.6) is 0 Å². The normalized spacial score (nSPS) is 31.9. The molecule has 1 aliphatic rings. The van der Waals surface area contributed by atoms with Crippen LogP contribution in [0, 0.1) is 0 Å². The minimum absolute atomic E-state index is 0. The molecule has 4 heteroatoms. The third-order valence-corrected chi connectivity index (χ3v) is 4.63. The van der Waals surface area contributed by atoms with Crippen LogP contribution in [0.1, 0.15) is 53.4 Å². The number of likely N-dealkylation sites (tertiary alicyclic amines) is 1. The van der Waals surface area contributed by atoms with E-state index < -0.39 is 5.79 Å². The molecule has 3 nitrogen and oxygen atoms in total. The van der Waals surface area contributed by atoms with Crippen molar-refractivity contribution in [2.24, 2.45) is 0 Å². The summed E-state index contributed by atoms with van der Waals surface area (Å²) < 4.78 is 5.35. The molecule has 1 N–H and O–H groups in total. The van der Waals surface area contributed by atoms with E-state index in [-0.39, 0.29) is 43.8 Å². The monoisotopic (exact) mass is 318 g/mol. The van der Waals surface area contributed by atoms with Crippen LogP contribution in [-0.4, -0.2) is 41.0 Å². The first-order chi connectivity index (χ1) is 7.25. The maximum absolute atomic E-state index is 10.5. The molecular weight excluding hydrogens is 291 g/mol. The Hall–Kier alpha value is 0.984. The van der Waals surface area contributed by atoms with Crippen LogP contribution in [0.4, 0.5) is 0 Å². The van der Waals surface area contributed by atoms with E-state index in [0.717, 1.165) is 12.8 Å². The van der Waals surface area contributed by atoms with Crippen molar-refractivity contribution in [2.75, 3.05) is 14.2 Å². The smallest absolute Gasteiger partial charge is 0.168 e. The van der Waals surface area contributed by atoms with E-state index in [4.69, 9.17) is 4.74 Å². The second-order valence-corrected chi connectivity index (χ2v) is 5.81. The molecule has 0 amide bonds. The van der Waals surface area contributed by atoms with E-state index in [1.54, 1.807) is 7.11 Å². The van der Waals surface area contributed by atoms with Gasteiger partial charge >= 0.3 is 0 Å². The summed E-state index contributed by atoms with van der Waals surface area (Å²) in [5.74, 6) is -0.970. The largest absolute Gasteiger partial charge is 0.365 e. The van der Waals surface area contributed by atoms with Crippen LogP contribution in [-0.2, 0) is 37.4 Å². The zero-order valence-electron chi connectivity index (χ0n) is 12.2. The van der Waals surface area contributed by atoms with E-state index >= 15 is 0 Å². The minimum Gasteiger partial charge on any atom is -0.365 e. The summed E-state index contributed by atoms with van der Waals surface area (Å²) in [4.78, 5) is 2.42. The average Bonchev–Trinajstić information content (AvgIpc) is 2.23. The Kier molecular flexibility index (Phi) is 6.30. The van der Waals surface area contributed by atoms with E-state index in [1.807, 2.05) is 0 Å². The van der Waals surface area contributed by atoms with Gasteiger partial charge in [0.15, 0.2) is 5.79 Å². The van der Waals surface area contributed by atoms with Crippen molar-refractivity contribution >= 4 is 0 Å². The van der Waals surface area contributed by atoms with Gasteiger partial charge in [-0.1, -0.05) is 13.8 Å². The van der Waals surface area contributed by atoms with E-state index in [1.165, 1.54) is 0 Å². The minimum atomic E-state index is -0.970. The molecular formula is C13H27NO2Y. The summed E-state index contributed by atoms with van der Waals surface area (Å²) >= 11 is 0. The fraction of sp³-hybridized carbons (Fsp3) is 1.00. The quantitative estimate of drug-likeness (QED) is 0.811. The number of hydrogen-bond acceptors (Lipinski definition) is 3. The van der Waals surface area contributed by atoms with Gasteiger partial charge in [-0.2, -0.15) is 0 Å². The number of rotatable bonds is 3. The molecule has 1 aliphatic heterocycles. The van der Waals surface area contributed by atoms with Gasteiger partial charge in [-0.05, 0) is 33.7 Å². The molecule has 1 fully saturated rings. The molecule has 1 saturated heterocycles. The summed E-state index contributed by atoms with van der Waals surface area (Å²) in [5.41, 5.74) is 0.0154. The van der Waals surface area contributed by atoms with E-state index in [0.29, 0.717) is 12.8 Å². The molecule has 0 aromatic heterocycles. The van der Waals surface area contributed by atoms with Crippen LogP contribution in [0.15, 0.2) is 0 Å². The predicted octanol–water partition coefficient (Wildman–Crippen LogP) is 2.38. The first-order valence-corrected chi connectivity index (χ1v) is 6.27. The molecule has 1 unspecified atom stereocenters. The van der Waals surface area contributed by atoms with Gasteiger partial charge in [0.2, 0.25) is 0 Å². The summed E-state index contributed by atoms with van der Waals surface area (Å²) in [6.07, 6.45) is 3.43. The van der Waals surface area contributed by atoms with Gasteiger partial charge in [-0.3, -0.25) is 4.90 Å². The average molecular weight is 318 g/mol. The molecule has 0 saturated carbocycles. The second kappa shape index (κ2) is 5.96. The predicted molar refractivity (Wildman–Crippen MR) is 66.3 cm³/mol. The molecule has 1 rings (SSSR count). The molecule has 99 valence electrons. The molecule has 1 atom stereocenters. The molecule has 1 radical (unpaired) electrons. The van der Waals surface area contributed by atoms with Crippen molar-refractivity contribution in [3.63, 3.8) is 0 Å². The molecule has 17 heavy (non-hydrogen) atoms. The van der Waals surface area contributed by atoms with Gasteiger partial charge in [0.1, 0.15) is 0 Å². The summed E-state index contributed by atoms with van der Waals surface area (Å²) in [5, 5.41) is 10.5. The Morgan fingerprint density at radius 3 is 2.00 bits per heavy atom. The Bertz CT molecular complexity index is 251. The van der Waals surface area contributed by atoms with Crippen molar-refractivity contribution in [1.82, 2.24) is 4.90 Å². The standard InChI is InChI=1S/C13H27NO2.Y/c1-7-12(8-2)10-13(15,16-6)9-11(3,4)14(12)5;/h15H,7-10H2,1-6H3;. The number of nitrogens with zero attached hydrogens (tertiary/aromatic N) is 1. The van der Waals surface area contributed by atoms with Crippen LogP contribution < -0.4 is 0 Å². The fourth-order valence-corrected chi connectivity index (χ4v) is 3.25. The second-order valence-electron chi connectivity index (χ2n) is 5.81. The van der Waals surface area contributed by atoms with Crippen molar-refractivity contribution in [3.05, 3.63) is 0 Å². The zero-order chi connectivity index (χ0) is 12.6. The fourth-order valence-electron chi connectivity index (χ4n) is 3.25. The molecule has 0 aliphatic carbocycles. The third kappa shape index (κ3) is 3.30. The topological polar surface area (TPSA) is 32.7 Å². The SMILES string of the molecule is CCC1(CC)CC(O)(OC)CC(C)(C)N1C.[Y]. The molecule has 0 aromatic rings.